The molecule has 0 aromatic heterocycles. The molecule has 0 spiro atoms. The molecule has 3 heteroatoms. The van der Waals surface area contributed by atoms with E-state index in [2.05, 4.69) is 33.8 Å². The summed E-state index contributed by atoms with van der Waals surface area (Å²) < 4.78 is 5.30. The predicted octanol–water partition coefficient (Wildman–Crippen LogP) is 4.72. The van der Waals surface area contributed by atoms with E-state index in [1.165, 1.54) is 44.1 Å². The Morgan fingerprint density at radius 3 is 2.39 bits per heavy atom. The first-order chi connectivity index (χ1) is 11.0. The van der Waals surface area contributed by atoms with Crippen LogP contribution >= 0.6 is 0 Å². The molecule has 0 radical (unpaired) electrons. The summed E-state index contributed by atoms with van der Waals surface area (Å²) in [5.74, 6) is 1.69. The number of hydrogen-bond acceptors (Lipinski definition) is 3. The van der Waals surface area contributed by atoms with Crippen molar-refractivity contribution in [2.45, 2.75) is 85.2 Å². The van der Waals surface area contributed by atoms with Gasteiger partial charge in [-0.1, -0.05) is 58.1 Å². The van der Waals surface area contributed by atoms with Crippen molar-refractivity contribution in [2.75, 3.05) is 19.8 Å². The van der Waals surface area contributed by atoms with Gasteiger partial charge in [0.05, 0.1) is 13.2 Å². The second kappa shape index (κ2) is 15.2. The molecule has 0 heterocycles. The van der Waals surface area contributed by atoms with Crippen LogP contribution in [-0.2, 0) is 4.74 Å². The average Bonchev–Trinajstić information content (AvgIpc) is 2.50. The molecule has 0 aliphatic rings. The van der Waals surface area contributed by atoms with Crippen LogP contribution in [0.15, 0.2) is 11.6 Å². The van der Waals surface area contributed by atoms with Crippen LogP contribution in [0.1, 0.15) is 79.1 Å². The van der Waals surface area contributed by atoms with Crippen LogP contribution in [-0.4, -0.2) is 36.1 Å². The fourth-order valence-electron chi connectivity index (χ4n) is 2.66. The first kappa shape index (κ1) is 22.6. The number of rotatable bonds is 15. The molecule has 3 nitrogen and oxygen atoms in total. The zero-order valence-electron chi connectivity index (χ0n) is 15.9. The average molecular weight is 329 g/mol. The Hall–Kier alpha value is -0.380. The molecule has 0 rings (SSSR count). The van der Waals surface area contributed by atoms with E-state index in [-0.39, 0.29) is 13.2 Å². The number of allylic oxidation sites excluding steroid dienone is 2. The molecule has 2 N–H and O–H groups in total. The van der Waals surface area contributed by atoms with E-state index >= 15 is 0 Å². The second-order valence-corrected chi connectivity index (χ2v) is 7.43. The first-order valence-electron chi connectivity index (χ1n) is 9.48. The summed E-state index contributed by atoms with van der Waals surface area (Å²) in [6.45, 7) is 9.87. The lowest BCUT2D eigenvalue weighted by atomic mass is 9.94. The van der Waals surface area contributed by atoms with E-state index in [1.54, 1.807) is 0 Å². The van der Waals surface area contributed by atoms with Gasteiger partial charge in [0.25, 0.3) is 0 Å². The van der Waals surface area contributed by atoms with Gasteiger partial charge in [0, 0.05) is 6.61 Å². The van der Waals surface area contributed by atoms with Crippen molar-refractivity contribution in [2.24, 2.45) is 11.8 Å². The highest BCUT2D eigenvalue weighted by Crippen LogP contribution is 2.19. The minimum atomic E-state index is -0.741. The van der Waals surface area contributed by atoms with Gasteiger partial charge in [-0.2, -0.15) is 0 Å². The standard InChI is InChI=1S/C20H40O3/c1-17(2)9-7-11-19(4)13-8-12-18(3)10-5-6-14-23-16-20(22)15-21/h10,17,19-22H,5-9,11-16H2,1-4H3/b18-10+. The highest BCUT2D eigenvalue weighted by molar-refractivity contribution is 4.97. The monoisotopic (exact) mass is 328 g/mol. The van der Waals surface area contributed by atoms with Gasteiger partial charge in [0.15, 0.2) is 0 Å². The lowest BCUT2D eigenvalue weighted by molar-refractivity contribution is 0.00585. The number of ether oxygens (including phenoxy) is 1. The van der Waals surface area contributed by atoms with Gasteiger partial charge in [0.2, 0.25) is 0 Å². The highest BCUT2D eigenvalue weighted by atomic mass is 16.5. The van der Waals surface area contributed by atoms with E-state index in [4.69, 9.17) is 14.9 Å². The molecular formula is C20H40O3. The van der Waals surface area contributed by atoms with Gasteiger partial charge in [-0.15, -0.1) is 0 Å². The van der Waals surface area contributed by atoms with Crippen molar-refractivity contribution >= 4 is 0 Å². The summed E-state index contributed by atoms with van der Waals surface area (Å²) >= 11 is 0. The molecule has 0 aromatic carbocycles. The summed E-state index contributed by atoms with van der Waals surface area (Å²) in [4.78, 5) is 0. The van der Waals surface area contributed by atoms with Crippen LogP contribution in [0.3, 0.4) is 0 Å². The SMILES string of the molecule is C/C(=C\CCCOCC(O)CO)CCCC(C)CCCC(C)C. The van der Waals surface area contributed by atoms with Crippen molar-refractivity contribution in [3.63, 3.8) is 0 Å². The normalized spacial score (nSPS) is 15.2. The summed E-state index contributed by atoms with van der Waals surface area (Å²) in [6, 6.07) is 0. The number of hydrogen-bond donors (Lipinski definition) is 2. The Morgan fingerprint density at radius 1 is 1.04 bits per heavy atom. The van der Waals surface area contributed by atoms with Crippen LogP contribution in [0, 0.1) is 11.8 Å². The second-order valence-electron chi connectivity index (χ2n) is 7.43. The third-order valence-corrected chi connectivity index (χ3v) is 4.25. The van der Waals surface area contributed by atoms with Gasteiger partial charge >= 0.3 is 0 Å². The number of unbranched alkanes of at least 4 members (excludes halogenated alkanes) is 1. The largest absolute Gasteiger partial charge is 0.394 e. The van der Waals surface area contributed by atoms with Crippen LogP contribution in [0.4, 0.5) is 0 Å². The van der Waals surface area contributed by atoms with Gasteiger partial charge in [-0.3, -0.25) is 0 Å². The Bertz CT molecular complexity index is 287. The van der Waals surface area contributed by atoms with Gasteiger partial charge in [0.1, 0.15) is 6.10 Å². The minimum Gasteiger partial charge on any atom is -0.394 e. The topological polar surface area (TPSA) is 49.7 Å². The van der Waals surface area contributed by atoms with Crippen molar-refractivity contribution in [1.82, 2.24) is 0 Å². The van der Waals surface area contributed by atoms with Crippen LogP contribution in [0.5, 0.6) is 0 Å². The quantitative estimate of drug-likeness (QED) is 0.338. The maximum absolute atomic E-state index is 9.14. The molecule has 2 unspecified atom stereocenters. The molecule has 0 aromatic rings. The van der Waals surface area contributed by atoms with Crippen molar-refractivity contribution in [3.05, 3.63) is 11.6 Å². The highest BCUT2D eigenvalue weighted by Gasteiger charge is 2.03. The summed E-state index contributed by atoms with van der Waals surface area (Å²) in [5, 5.41) is 17.8. The molecule has 0 saturated heterocycles. The zero-order chi connectivity index (χ0) is 17.5. The number of aliphatic hydroxyl groups excluding tert-OH is 2. The van der Waals surface area contributed by atoms with Crippen LogP contribution < -0.4 is 0 Å². The van der Waals surface area contributed by atoms with Crippen LogP contribution in [0.2, 0.25) is 0 Å². The van der Waals surface area contributed by atoms with E-state index < -0.39 is 6.10 Å². The van der Waals surface area contributed by atoms with E-state index in [1.807, 2.05) is 0 Å². The third kappa shape index (κ3) is 16.3. The van der Waals surface area contributed by atoms with E-state index in [9.17, 15) is 0 Å². The third-order valence-electron chi connectivity index (χ3n) is 4.25. The summed E-state index contributed by atoms with van der Waals surface area (Å²) in [5.41, 5.74) is 1.48. The Labute approximate surface area is 144 Å². The maximum atomic E-state index is 9.14. The molecule has 0 saturated carbocycles. The van der Waals surface area contributed by atoms with Crippen LogP contribution in [0.25, 0.3) is 0 Å². The Balaban J connectivity index is 3.52. The number of aliphatic hydroxyl groups is 2. The summed E-state index contributed by atoms with van der Waals surface area (Å²) in [6.07, 6.45) is 11.5. The smallest absolute Gasteiger partial charge is 0.100 e. The lowest BCUT2D eigenvalue weighted by Crippen LogP contribution is -2.19. The van der Waals surface area contributed by atoms with Gasteiger partial charge < -0.3 is 14.9 Å². The fourth-order valence-corrected chi connectivity index (χ4v) is 2.66. The van der Waals surface area contributed by atoms with Gasteiger partial charge in [-0.25, -0.2) is 0 Å². The molecule has 0 fully saturated rings. The molecular weight excluding hydrogens is 288 g/mol. The zero-order valence-corrected chi connectivity index (χ0v) is 15.9. The molecule has 23 heavy (non-hydrogen) atoms. The van der Waals surface area contributed by atoms with Crippen molar-refractivity contribution < 1.29 is 14.9 Å². The molecule has 0 amide bonds. The molecule has 138 valence electrons. The van der Waals surface area contributed by atoms with Gasteiger partial charge in [-0.05, 0) is 44.4 Å². The molecule has 0 aliphatic carbocycles. The fraction of sp³-hybridized carbons (Fsp3) is 0.900. The Kier molecular flexibility index (Phi) is 14.9. The minimum absolute atomic E-state index is 0.227. The summed E-state index contributed by atoms with van der Waals surface area (Å²) in [7, 11) is 0. The predicted molar refractivity (Wildman–Crippen MR) is 98.6 cm³/mol. The van der Waals surface area contributed by atoms with Crippen molar-refractivity contribution in [1.29, 1.82) is 0 Å². The molecule has 2 atom stereocenters. The van der Waals surface area contributed by atoms with Crippen molar-refractivity contribution in [3.8, 4) is 0 Å². The first-order valence-corrected chi connectivity index (χ1v) is 9.48. The lowest BCUT2D eigenvalue weighted by Gasteiger charge is -2.12. The Morgan fingerprint density at radius 2 is 1.74 bits per heavy atom. The molecule has 0 aliphatic heterocycles. The van der Waals surface area contributed by atoms with E-state index in [0.29, 0.717) is 6.61 Å². The maximum Gasteiger partial charge on any atom is 0.100 e. The van der Waals surface area contributed by atoms with E-state index in [0.717, 1.165) is 24.7 Å². The molecule has 0 bridgehead atoms.